The van der Waals surface area contributed by atoms with Crippen LogP contribution >= 0.6 is 0 Å². The van der Waals surface area contributed by atoms with E-state index < -0.39 is 17.6 Å². The summed E-state index contributed by atoms with van der Waals surface area (Å²) in [6.45, 7) is 4.26. The maximum Gasteiger partial charge on any atom is 0.348 e. The molecule has 0 spiro atoms. The molecule has 1 atom stereocenters. The second-order valence-corrected chi connectivity index (χ2v) is 6.54. The Bertz CT molecular complexity index is 782. The zero-order chi connectivity index (χ0) is 18.7. The Hall–Kier alpha value is -2.90. The van der Waals surface area contributed by atoms with Crippen LogP contribution in [0.3, 0.4) is 0 Å². The number of hydrogen-bond acceptors (Lipinski definition) is 5. The molecule has 0 bridgehead atoms. The first-order valence-corrected chi connectivity index (χ1v) is 8.54. The summed E-state index contributed by atoms with van der Waals surface area (Å²) in [4.78, 5) is 30.1. The molecular formula is C18H22N4O4. The van der Waals surface area contributed by atoms with Crippen LogP contribution in [0.25, 0.3) is 0 Å². The number of aromatic nitrogens is 3. The first-order valence-electron chi connectivity index (χ1n) is 8.54. The molecule has 8 heteroatoms. The van der Waals surface area contributed by atoms with Crippen molar-refractivity contribution in [1.82, 2.24) is 19.7 Å². The van der Waals surface area contributed by atoms with Crippen LogP contribution in [0.5, 0.6) is 5.75 Å². The zero-order valence-electron chi connectivity index (χ0n) is 14.8. The van der Waals surface area contributed by atoms with E-state index in [9.17, 15) is 14.7 Å². The first kappa shape index (κ1) is 17.9. The van der Waals surface area contributed by atoms with Gasteiger partial charge in [-0.1, -0.05) is 18.2 Å². The van der Waals surface area contributed by atoms with E-state index >= 15 is 0 Å². The second kappa shape index (κ2) is 7.15. The fourth-order valence-electron chi connectivity index (χ4n) is 3.12. The van der Waals surface area contributed by atoms with Crippen LogP contribution in [-0.2, 0) is 9.59 Å². The van der Waals surface area contributed by atoms with Gasteiger partial charge in [-0.2, -0.15) is 5.10 Å². The van der Waals surface area contributed by atoms with Crippen LogP contribution in [0.1, 0.15) is 31.4 Å². The molecule has 1 fully saturated rings. The molecule has 8 nitrogen and oxygen atoms in total. The average Bonchev–Trinajstić information content (AvgIpc) is 3.17. The molecule has 3 rings (SSSR count). The quantitative estimate of drug-likeness (QED) is 0.873. The van der Waals surface area contributed by atoms with Crippen LogP contribution in [0.2, 0.25) is 0 Å². The Morgan fingerprint density at radius 3 is 2.54 bits per heavy atom. The molecule has 1 aromatic heterocycles. The zero-order valence-corrected chi connectivity index (χ0v) is 14.8. The van der Waals surface area contributed by atoms with Crippen molar-refractivity contribution < 1.29 is 19.4 Å². The highest BCUT2D eigenvalue weighted by atomic mass is 16.5. The Morgan fingerprint density at radius 2 is 1.96 bits per heavy atom. The molecule has 0 aliphatic carbocycles. The number of aliphatic carboxylic acids is 1. The average molecular weight is 358 g/mol. The van der Waals surface area contributed by atoms with Gasteiger partial charge in [0, 0.05) is 25.9 Å². The lowest BCUT2D eigenvalue weighted by molar-refractivity contribution is -0.162. The second-order valence-electron chi connectivity index (χ2n) is 6.54. The van der Waals surface area contributed by atoms with Crippen molar-refractivity contribution in [2.75, 3.05) is 13.1 Å². The van der Waals surface area contributed by atoms with E-state index in [1.54, 1.807) is 17.9 Å². The van der Waals surface area contributed by atoms with E-state index in [1.165, 1.54) is 17.3 Å². The van der Waals surface area contributed by atoms with Gasteiger partial charge in [-0.25, -0.2) is 14.5 Å². The monoisotopic (exact) mass is 358 g/mol. The van der Waals surface area contributed by atoms with Crippen LogP contribution in [0, 0.1) is 6.92 Å². The number of rotatable bonds is 5. The van der Waals surface area contributed by atoms with Gasteiger partial charge in [0.05, 0.1) is 0 Å². The van der Waals surface area contributed by atoms with E-state index in [0.29, 0.717) is 18.8 Å². The van der Waals surface area contributed by atoms with Crippen molar-refractivity contribution >= 4 is 11.9 Å². The number of aryl methyl sites for hydroxylation is 1. The Labute approximate surface area is 151 Å². The predicted octanol–water partition coefficient (Wildman–Crippen LogP) is 1.67. The standard InChI is InChI=1S/C18H22N4O4/c1-13-5-3-4-6-15(13)26-18(17(24)25)7-9-21(10-8-18)16(23)14(2)22-12-19-11-20-22/h3-6,11-12,14H,7-10H2,1-2H3,(H,24,25)/t14-/m1/s1. The maximum atomic E-state index is 12.6. The molecule has 0 radical (unpaired) electrons. The van der Waals surface area contributed by atoms with Crippen molar-refractivity contribution in [2.24, 2.45) is 0 Å². The minimum Gasteiger partial charge on any atom is -0.478 e. The van der Waals surface area contributed by atoms with Gasteiger partial charge < -0.3 is 14.7 Å². The third-order valence-corrected chi connectivity index (χ3v) is 4.86. The summed E-state index contributed by atoms with van der Waals surface area (Å²) in [5, 5.41) is 13.8. The molecular weight excluding hydrogens is 336 g/mol. The third kappa shape index (κ3) is 3.40. The number of amides is 1. The highest BCUT2D eigenvalue weighted by Crippen LogP contribution is 2.31. The van der Waals surface area contributed by atoms with Gasteiger partial charge in [0.1, 0.15) is 24.4 Å². The van der Waals surface area contributed by atoms with Crippen molar-refractivity contribution in [3.8, 4) is 5.75 Å². The van der Waals surface area contributed by atoms with Gasteiger partial charge >= 0.3 is 5.97 Å². The van der Waals surface area contributed by atoms with E-state index in [4.69, 9.17) is 4.74 Å². The summed E-state index contributed by atoms with van der Waals surface area (Å²) < 4.78 is 7.42. The number of carboxylic acid groups (broad SMARTS) is 1. The maximum absolute atomic E-state index is 12.6. The molecule has 1 amide bonds. The SMILES string of the molecule is Cc1ccccc1OC1(C(=O)O)CCN(C(=O)[C@@H](C)n2cncn2)CC1. The summed E-state index contributed by atoms with van der Waals surface area (Å²) in [5.74, 6) is -0.548. The smallest absolute Gasteiger partial charge is 0.348 e. The van der Waals surface area contributed by atoms with E-state index in [0.717, 1.165) is 5.56 Å². The Morgan fingerprint density at radius 1 is 1.27 bits per heavy atom. The minimum absolute atomic E-state index is 0.106. The van der Waals surface area contributed by atoms with Crippen LogP contribution in [0.4, 0.5) is 0 Å². The number of carboxylic acids is 1. The van der Waals surface area contributed by atoms with Crippen molar-refractivity contribution in [2.45, 2.75) is 38.3 Å². The largest absolute Gasteiger partial charge is 0.478 e. The van der Waals surface area contributed by atoms with Gasteiger partial charge in [-0.05, 0) is 25.5 Å². The minimum atomic E-state index is -1.32. The summed E-state index contributed by atoms with van der Waals surface area (Å²) in [7, 11) is 0. The molecule has 2 aromatic rings. The molecule has 138 valence electrons. The number of carbonyl (C=O) groups excluding carboxylic acids is 1. The topological polar surface area (TPSA) is 97.6 Å². The number of para-hydroxylation sites is 1. The van der Waals surface area contributed by atoms with E-state index in [1.807, 2.05) is 25.1 Å². The molecule has 1 aliphatic rings. The van der Waals surface area contributed by atoms with Crippen molar-refractivity contribution in [1.29, 1.82) is 0 Å². The van der Waals surface area contributed by atoms with Crippen LogP contribution in [0.15, 0.2) is 36.9 Å². The summed E-state index contributed by atoms with van der Waals surface area (Å²) >= 11 is 0. The number of likely N-dealkylation sites (tertiary alicyclic amines) is 1. The molecule has 0 saturated carbocycles. The summed E-state index contributed by atoms with van der Waals surface area (Å²) in [6, 6.07) is 6.86. The number of piperidine rings is 1. The summed E-state index contributed by atoms with van der Waals surface area (Å²) in [5.41, 5.74) is -0.439. The van der Waals surface area contributed by atoms with Gasteiger partial charge in [0.25, 0.3) is 0 Å². The highest BCUT2D eigenvalue weighted by Gasteiger charge is 2.45. The molecule has 2 heterocycles. The third-order valence-electron chi connectivity index (χ3n) is 4.86. The van der Waals surface area contributed by atoms with Crippen LogP contribution in [-0.4, -0.2) is 55.3 Å². The first-order chi connectivity index (χ1) is 12.4. The van der Waals surface area contributed by atoms with Crippen molar-refractivity contribution in [3.05, 3.63) is 42.5 Å². The fourth-order valence-corrected chi connectivity index (χ4v) is 3.12. The Balaban J connectivity index is 1.70. The predicted molar refractivity (Wildman–Crippen MR) is 92.7 cm³/mol. The number of nitrogens with zero attached hydrogens (tertiary/aromatic N) is 4. The van der Waals surface area contributed by atoms with E-state index in [-0.39, 0.29) is 18.7 Å². The lowest BCUT2D eigenvalue weighted by atomic mass is 9.90. The molecule has 1 saturated heterocycles. The van der Waals surface area contributed by atoms with Gasteiger partial charge in [-0.3, -0.25) is 4.79 Å². The van der Waals surface area contributed by atoms with Gasteiger partial charge in [0.15, 0.2) is 0 Å². The Kier molecular flexibility index (Phi) is 4.92. The normalized spacial score (nSPS) is 17.5. The highest BCUT2D eigenvalue weighted by molar-refractivity contribution is 5.82. The number of carbonyl (C=O) groups is 2. The molecule has 26 heavy (non-hydrogen) atoms. The lowest BCUT2D eigenvalue weighted by Crippen LogP contribution is -2.55. The number of hydrogen-bond donors (Lipinski definition) is 1. The van der Waals surface area contributed by atoms with Gasteiger partial charge in [-0.15, -0.1) is 0 Å². The lowest BCUT2D eigenvalue weighted by Gasteiger charge is -2.39. The van der Waals surface area contributed by atoms with E-state index in [2.05, 4.69) is 10.1 Å². The number of benzene rings is 1. The summed E-state index contributed by atoms with van der Waals surface area (Å²) in [6.07, 6.45) is 3.33. The van der Waals surface area contributed by atoms with Gasteiger partial charge in [0.2, 0.25) is 11.5 Å². The number of ether oxygens (including phenoxy) is 1. The van der Waals surface area contributed by atoms with Crippen LogP contribution < -0.4 is 4.74 Å². The molecule has 1 N–H and O–H groups in total. The fraction of sp³-hybridized carbons (Fsp3) is 0.444. The molecule has 0 unspecified atom stereocenters. The van der Waals surface area contributed by atoms with Crippen molar-refractivity contribution in [3.63, 3.8) is 0 Å². The molecule has 1 aliphatic heterocycles. The molecule has 1 aromatic carbocycles.